The van der Waals surface area contributed by atoms with E-state index in [1.54, 1.807) is 29.2 Å². The fourth-order valence-corrected chi connectivity index (χ4v) is 3.90. The van der Waals surface area contributed by atoms with Gasteiger partial charge in [-0.3, -0.25) is 9.59 Å². The second-order valence-corrected chi connectivity index (χ2v) is 8.46. The number of carbonyl (C=O) groups is 2. The minimum atomic E-state index is -0.671. The molecule has 33 heavy (non-hydrogen) atoms. The minimum Gasteiger partial charge on any atom is -0.507 e. The van der Waals surface area contributed by atoms with Crippen molar-refractivity contribution in [1.82, 2.24) is 4.90 Å². The molecule has 0 bridgehead atoms. The van der Waals surface area contributed by atoms with Crippen molar-refractivity contribution < 1.29 is 24.2 Å². The summed E-state index contributed by atoms with van der Waals surface area (Å²) in [6, 6.07) is 13.7. The number of amides is 1. The predicted molar refractivity (Wildman–Crippen MR) is 128 cm³/mol. The first-order valence-corrected chi connectivity index (χ1v) is 11.7. The van der Waals surface area contributed by atoms with Gasteiger partial charge >= 0.3 is 0 Å². The van der Waals surface area contributed by atoms with Crippen LogP contribution in [-0.2, 0) is 9.59 Å². The van der Waals surface area contributed by atoms with Crippen LogP contribution in [0.3, 0.4) is 0 Å². The van der Waals surface area contributed by atoms with Crippen molar-refractivity contribution in [2.75, 3.05) is 13.2 Å². The highest BCUT2D eigenvalue weighted by Gasteiger charge is 2.45. The molecule has 1 N–H and O–H groups in total. The van der Waals surface area contributed by atoms with E-state index in [1.165, 1.54) is 0 Å². The van der Waals surface area contributed by atoms with Crippen LogP contribution in [0.15, 0.2) is 54.1 Å². The maximum Gasteiger partial charge on any atom is 0.295 e. The lowest BCUT2D eigenvalue weighted by Crippen LogP contribution is -2.30. The zero-order valence-corrected chi connectivity index (χ0v) is 19.8. The van der Waals surface area contributed by atoms with Crippen molar-refractivity contribution in [3.63, 3.8) is 0 Å². The third-order valence-corrected chi connectivity index (χ3v) is 5.44. The number of benzene rings is 2. The lowest BCUT2D eigenvalue weighted by molar-refractivity contribution is -0.139. The monoisotopic (exact) mass is 451 g/mol. The Morgan fingerprint density at radius 2 is 1.76 bits per heavy atom. The van der Waals surface area contributed by atoms with Crippen molar-refractivity contribution in [3.8, 4) is 11.5 Å². The van der Waals surface area contributed by atoms with Crippen LogP contribution in [-0.4, -0.2) is 41.0 Å². The number of rotatable bonds is 10. The molecule has 2 aromatic rings. The maximum atomic E-state index is 13.1. The molecule has 1 saturated heterocycles. The molecule has 1 unspecified atom stereocenters. The molecule has 1 fully saturated rings. The summed E-state index contributed by atoms with van der Waals surface area (Å²) >= 11 is 0. The summed E-state index contributed by atoms with van der Waals surface area (Å²) in [5, 5.41) is 11.2. The summed E-state index contributed by atoms with van der Waals surface area (Å²) in [5.74, 6) is -0.142. The molecule has 1 atom stereocenters. The summed E-state index contributed by atoms with van der Waals surface area (Å²) in [4.78, 5) is 27.6. The van der Waals surface area contributed by atoms with Gasteiger partial charge in [-0.05, 0) is 56.5 Å². The summed E-state index contributed by atoms with van der Waals surface area (Å²) in [6.45, 7) is 8.96. The molecule has 0 spiro atoms. The van der Waals surface area contributed by atoms with Gasteiger partial charge in [-0.25, -0.2) is 0 Å². The Balaban J connectivity index is 2.06. The van der Waals surface area contributed by atoms with Crippen LogP contribution < -0.4 is 9.47 Å². The fraction of sp³-hybridized carbons (Fsp3) is 0.407. The van der Waals surface area contributed by atoms with Crippen molar-refractivity contribution in [1.29, 1.82) is 0 Å². The smallest absolute Gasteiger partial charge is 0.295 e. The summed E-state index contributed by atoms with van der Waals surface area (Å²) < 4.78 is 11.4. The van der Waals surface area contributed by atoms with Crippen LogP contribution in [0, 0.1) is 0 Å². The Kier molecular flexibility index (Phi) is 8.15. The Bertz CT molecular complexity index is 1010. The van der Waals surface area contributed by atoms with Crippen LogP contribution >= 0.6 is 0 Å². The molecule has 0 aromatic heterocycles. The van der Waals surface area contributed by atoms with Crippen LogP contribution in [0.1, 0.15) is 64.1 Å². The molecule has 1 amide bonds. The average molecular weight is 452 g/mol. The van der Waals surface area contributed by atoms with Gasteiger partial charge in [0.1, 0.15) is 17.3 Å². The van der Waals surface area contributed by atoms with Crippen LogP contribution in [0.25, 0.3) is 5.76 Å². The van der Waals surface area contributed by atoms with Gasteiger partial charge in [0, 0.05) is 12.1 Å². The lowest BCUT2D eigenvalue weighted by Gasteiger charge is -2.25. The number of likely N-dealkylation sites (tertiary alicyclic amines) is 1. The van der Waals surface area contributed by atoms with Crippen LogP contribution in [0.4, 0.5) is 0 Å². The largest absolute Gasteiger partial charge is 0.507 e. The molecule has 1 aliphatic rings. The van der Waals surface area contributed by atoms with Crippen LogP contribution in [0.2, 0.25) is 0 Å². The van der Waals surface area contributed by atoms with Crippen molar-refractivity contribution in [3.05, 3.63) is 65.2 Å². The highest BCUT2D eigenvalue weighted by atomic mass is 16.5. The molecule has 1 heterocycles. The molecule has 0 radical (unpaired) electrons. The molecule has 6 heteroatoms. The average Bonchev–Trinajstić information content (AvgIpc) is 3.05. The lowest BCUT2D eigenvalue weighted by atomic mass is 9.95. The number of ketones is 1. The number of ether oxygens (including phenoxy) is 2. The Morgan fingerprint density at radius 3 is 2.39 bits per heavy atom. The summed E-state index contributed by atoms with van der Waals surface area (Å²) in [6.07, 6.45) is 2.52. The predicted octanol–water partition coefficient (Wildman–Crippen LogP) is 5.48. The molecule has 0 saturated carbocycles. The molecular formula is C27H33NO5. The van der Waals surface area contributed by atoms with E-state index in [0.29, 0.717) is 24.5 Å². The number of Topliss-reactive ketones (excluding diaryl/α,β-unsaturated/α-hetero) is 1. The van der Waals surface area contributed by atoms with E-state index in [0.717, 1.165) is 30.6 Å². The van der Waals surface area contributed by atoms with Gasteiger partial charge in [0.15, 0.2) is 0 Å². The maximum absolute atomic E-state index is 13.1. The molecule has 1 aliphatic heterocycles. The van der Waals surface area contributed by atoms with E-state index in [4.69, 9.17) is 9.47 Å². The number of unbranched alkanes of at least 4 members (excludes halogenated alkanes) is 1. The van der Waals surface area contributed by atoms with Gasteiger partial charge in [0.05, 0.1) is 24.3 Å². The number of carbonyl (C=O) groups excluding carboxylic acids is 2. The molecule has 6 nitrogen and oxygen atoms in total. The standard InChI is InChI=1S/C27H33NO5/c1-5-7-15-28-24(19-11-13-21(14-12-19)32-16-6-2)23(26(30)27(28)31)25(29)20-9-8-10-22(17-20)33-18(3)4/h8-14,17-18,24,29H,5-7,15-16H2,1-4H3/b25-23-. The zero-order chi connectivity index (χ0) is 24.0. The third-order valence-electron chi connectivity index (χ3n) is 5.44. The molecule has 0 aliphatic carbocycles. The highest BCUT2D eigenvalue weighted by Crippen LogP contribution is 2.40. The topological polar surface area (TPSA) is 76.1 Å². The molecule has 2 aromatic carbocycles. The van der Waals surface area contributed by atoms with E-state index < -0.39 is 17.7 Å². The first-order valence-electron chi connectivity index (χ1n) is 11.7. The van der Waals surface area contributed by atoms with Crippen LogP contribution in [0.5, 0.6) is 11.5 Å². The Hall–Kier alpha value is -3.28. The summed E-state index contributed by atoms with van der Waals surface area (Å²) in [7, 11) is 0. The van der Waals surface area contributed by atoms with Gasteiger partial charge in [0.25, 0.3) is 11.7 Å². The van der Waals surface area contributed by atoms with Crippen molar-refractivity contribution in [2.45, 2.75) is 59.1 Å². The quantitative estimate of drug-likeness (QED) is 0.294. The zero-order valence-electron chi connectivity index (χ0n) is 19.8. The highest BCUT2D eigenvalue weighted by molar-refractivity contribution is 6.46. The SMILES string of the molecule is CCCCN1C(=O)C(=O)/C(=C(\O)c2cccc(OC(C)C)c2)C1c1ccc(OCCC)cc1. The van der Waals surface area contributed by atoms with Gasteiger partial charge in [-0.2, -0.15) is 0 Å². The molecule has 176 valence electrons. The van der Waals surface area contributed by atoms with Gasteiger partial charge in [-0.1, -0.05) is 44.5 Å². The van der Waals surface area contributed by atoms with E-state index in [-0.39, 0.29) is 17.4 Å². The van der Waals surface area contributed by atoms with E-state index >= 15 is 0 Å². The number of aliphatic hydroxyl groups excluding tert-OH is 1. The number of aliphatic hydroxyl groups is 1. The second-order valence-electron chi connectivity index (χ2n) is 8.46. The van der Waals surface area contributed by atoms with E-state index in [1.807, 2.05) is 52.0 Å². The minimum absolute atomic E-state index is 0.0320. The third kappa shape index (κ3) is 5.56. The summed E-state index contributed by atoms with van der Waals surface area (Å²) in [5.41, 5.74) is 1.29. The van der Waals surface area contributed by atoms with Crippen molar-refractivity contribution in [2.24, 2.45) is 0 Å². The molecule has 3 rings (SSSR count). The second kappa shape index (κ2) is 11.0. The first-order chi connectivity index (χ1) is 15.9. The van der Waals surface area contributed by atoms with Crippen molar-refractivity contribution >= 4 is 17.4 Å². The van der Waals surface area contributed by atoms with Gasteiger partial charge in [0.2, 0.25) is 0 Å². The number of hydrogen-bond donors (Lipinski definition) is 1. The normalized spacial score (nSPS) is 17.6. The first kappa shape index (κ1) is 24.4. The van der Waals surface area contributed by atoms with E-state index in [9.17, 15) is 14.7 Å². The number of hydrogen-bond acceptors (Lipinski definition) is 5. The van der Waals surface area contributed by atoms with Gasteiger partial charge in [-0.15, -0.1) is 0 Å². The number of nitrogens with zero attached hydrogens (tertiary/aromatic N) is 1. The molecular weight excluding hydrogens is 418 g/mol. The van der Waals surface area contributed by atoms with E-state index in [2.05, 4.69) is 0 Å². The van der Waals surface area contributed by atoms with Gasteiger partial charge < -0.3 is 19.5 Å². The Morgan fingerprint density at radius 1 is 1.03 bits per heavy atom. The Labute approximate surface area is 195 Å². The fourth-order valence-electron chi connectivity index (χ4n) is 3.90.